The van der Waals surface area contributed by atoms with Crippen LogP contribution in [0.2, 0.25) is 0 Å². The van der Waals surface area contributed by atoms with Crippen LogP contribution in [-0.2, 0) is 9.59 Å². The van der Waals surface area contributed by atoms with Crippen LogP contribution in [-0.4, -0.2) is 23.3 Å². The molecule has 0 N–H and O–H groups in total. The molecule has 1 aliphatic carbocycles. The second kappa shape index (κ2) is 3.45. The highest BCUT2D eigenvalue weighted by molar-refractivity contribution is 6.05. The summed E-state index contributed by atoms with van der Waals surface area (Å²) < 4.78 is 0. The minimum Gasteiger partial charge on any atom is -0.274 e. The van der Waals surface area contributed by atoms with Crippen molar-refractivity contribution in [2.45, 2.75) is 25.7 Å². The molecule has 2 rings (SSSR count). The van der Waals surface area contributed by atoms with Crippen LogP contribution in [0.15, 0.2) is 0 Å². The zero-order valence-corrected chi connectivity index (χ0v) is 8.03. The second-order valence-electron chi connectivity index (χ2n) is 3.96. The highest BCUT2D eigenvalue weighted by Crippen LogP contribution is 2.37. The summed E-state index contributed by atoms with van der Waals surface area (Å²) in [5.74, 6) is 2.15. The first-order chi connectivity index (χ1) is 6.75. The number of hydrogen-bond donors (Lipinski definition) is 0. The topological polar surface area (TPSA) is 37.4 Å². The number of amides is 2. The number of likely N-dealkylation sites (tertiary alicyclic amines) is 1. The fourth-order valence-corrected chi connectivity index (χ4v) is 2.48. The number of nitrogens with zero attached hydrogens (tertiary/aromatic N) is 1. The molecule has 0 aromatic rings. The average molecular weight is 191 g/mol. The maximum atomic E-state index is 11.7. The highest BCUT2D eigenvalue weighted by Gasteiger charge is 2.47. The Kier molecular flexibility index (Phi) is 2.28. The lowest BCUT2D eigenvalue weighted by atomic mass is 9.81. The molecule has 3 nitrogen and oxygen atoms in total. The zero-order chi connectivity index (χ0) is 10.1. The molecule has 2 aliphatic rings. The van der Waals surface area contributed by atoms with E-state index in [0.717, 1.165) is 25.7 Å². The molecule has 0 unspecified atom stereocenters. The van der Waals surface area contributed by atoms with Crippen LogP contribution in [0.4, 0.5) is 0 Å². The Morgan fingerprint density at radius 3 is 2.14 bits per heavy atom. The molecule has 3 heteroatoms. The summed E-state index contributed by atoms with van der Waals surface area (Å²) in [5.41, 5.74) is 0. The van der Waals surface area contributed by atoms with Gasteiger partial charge in [0.1, 0.15) is 0 Å². The van der Waals surface area contributed by atoms with Crippen LogP contribution in [0.1, 0.15) is 25.7 Å². The van der Waals surface area contributed by atoms with Crippen LogP contribution in [0, 0.1) is 24.2 Å². The van der Waals surface area contributed by atoms with Gasteiger partial charge in [-0.3, -0.25) is 14.5 Å². The molecule has 0 radical (unpaired) electrons. The Bertz CT molecular complexity index is 292. The third kappa shape index (κ3) is 1.22. The summed E-state index contributed by atoms with van der Waals surface area (Å²) >= 11 is 0. The van der Waals surface area contributed by atoms with E-state index >= 15 is 0 Å². The SMILES string of the molecule is C#CCN1C(=O)[C@H]2CCCC[C@H]2C1=O. The Morgan fingerprint density at radius 2 is 1.71 bits per heavy atom. The quantitative estimate of drug-likeness (QED) is 0.454. The molecule has 1 saturated carbocycles. The maximum absolute atomic E-state index is 11.7. The first kappa shape index (κ1) is 9.26. The molecular weight excluding hydrogens is 178 g/mol. The van der Waals surface area contributed by atoms with E-state index < -0.39 is 0 Å². The molecule has 2 amide bonds. The van der Waals surface area contributed by atoms with E-state index in [-0.39, 0.29) is 30.2 Å². The highest BCUT2D eigenvalue weighted by atomic mass is 16.2. The lowest BCUT2D eigenvalue weighted by Crippen LogP contribution is -2.31. The minimum absolute atomic E-state index is 0.0438. The van der Waals surface area contributed by atoms with Crippen molar-refractivity contribution in [1.29, 1.82) is 0 Å². The smallest absolute Gasteiger partial charge is 0.233 e. The van der Waals surface area contributed by atoms with Gasteiger partial charge >= 0.3 is 0 Å². The summed E-state index contributed by atoms with van der Waals surface area (Å²) in [6.07, 6.45) is 8.96. The number of fused-ring (bicyclic) bond motifs is 1. The molecular formula is C11H13NO2. The lowest BCUT2D eigenvalue weighted by molar-refractivity contribution is -0.139. The van der Waals surface area contributed by atoms with Crippen LogP contribution < -0.4 is 0 Å². The molecule has 1 heterocycles. The van der Waals surface area contributed by atoms with Gasteiger partial charge in [-0.15, -0.1) is 6.42 Å². The number of hydrogen-bond acceptors (Lipinski definition) is 2. The van der Waals surface area contributed by atoms with Crippen molar-refractivity contribution in [1.82, 2.24) is 4.90 Å². The fraction of sp³-hybridized carbons (Fsp3) is 0.636. The van der Waals surface area contributed by atoms with E-state index in [0.29, 0.717) is 0 Å². The van der Waals surface area contributed by atoms with Crippen molar-refractivity contribution in [3.8, 4) is 12.3 Å². The zero-order valence-electron chi connectivity index (χ0n) is 8.03. The molecule has 0 aromatic carbocycles. The van der Waals surface area contributed by atoms with Gasteiger partial charge in [-0.25, -0.2) is 0 Å². The van der Waals surface area contributed by atoms with Gasteiger partial charge in [0.05, 0.1) is 18.4 Å². The van der Waals surface area contributed by atoms with Gasteiger partial charge in [0.25, 0.3) is 0 Å². The Morgan fingerprint density at radius 1 is 1.21 bits per heavy atom. The van der Waals surface area contributed by atoms with Crippen LogP contribution in [0.25, 0.3) is 0 Å². The monoisotopic (exact) mass is 191 g/mol. The number of terminal acetylenes is 1. The fourth-order valence-electron chi connectivity index (χ4n) is 2.48. The van der Waals surface area contributed by atoms with E-state index in [9.17, 15) is 9.59 Å². The molecule has 2 atom stereocenters. The van der Waals surface area contributed by atoms with Crippen molar-refractivity contribution in [3.05, 3.63) is 0 Å². The largest absolute Gasteiger partial charge is 0.274 e. The molecule has 74 valence electrons. The first-order valence-electron chi connectivity index (χ1n) is 5.04. The van der Waals surface area contributed by atoms with Gasteiger partial charge in [0, 0.05) is 0 Å². The van der Waals surface area contributed by atoms with Gasteiger partial charge in [-0.05, 0) is 12.8 Å². The average Bonchev–Trinajstić information content (AvgIpc) is 2.45. The minimum atomic E-state index is -0.0652. The van der Waals surface area contributed by atoms with Crippen molar-refractivity contribution >= 4 is 11.8 Å². The van der Waals surface area contributed by atoms with Gasteiger partial charge < -0.3 is 0 Å². The maximum Gasteiger partial charge on any atom is 0.233 e. The normalized spacial score (nSPS) is 31.5. The summed E-state index contributed by atoms with van der Waals surface area (Å²) in [5, 5.41) is 0. The number of carbonyl (C=O) groups is 2. The summed E-state index contributed by atoms with van der Waals surface area (Å²) in [7, 11) is 0. The Hall–Kier alpha value is -1.30. The molecule has 0 bridgehead atoms. The van der Waals surface area contributed by atoms with Crippen molar-refractivity contribution in [3.63, 3.8) is 0 Å². The molecule has 1 saturated heterocycles. The summed E-state index contributed by atoms with van der Waals surface area (Å²) in [6.45, 7) is 0.144. The van der Waals surface area contributed by atoms with E-state index in [4.69, 9.17) is 6.42 Å². The summed E-state index contributed by atoms with van der Waals surface area (Å²) in [6, 6.07) is 0. The Labute approximate surface area is 83.5 Å². The van der Waals surface area contributed by atoms with E-state index in [1.165, 1.54) is 4.90 Å². The molecule has 14 heavy (non-hydrogen) atoms. The van der Waals surface area contributed by atoms with Gasteiger partial charge in [-0.1, -0.05) is 18.8 Å². The van der Waals surface area contributed by atoms with E-state index in [1.54, 1.807) is 0 Å². The Balaban J connectivity index is 2.21. The number of carbonyl (C=O) groups excluding carboxylic acids is 2. The van der Waals surface area contributed by atoms with E-state index in [2.05, 4.69) is 5.92 Å². The molecule has 0 spiro atoms. The lowest BCUT2D eigenvalue weighted by Gasteiger charge is -2.19. The molecule has 2 fully saturated rings. The van der Waals surface area contributed by atoms with Crippen molar-refractivity contribution in [2.75, 3.05) is 6.54 Å². The second-order valence-corrected chi connectivity index (χ2v) is 3.96. The van der Waals surface area contributed by atoms with Crippen molar-refractivity contribution < 1.29 is 9.59 Å². The summed E-state index contributed by atoms with van der Waals surface area (Å²) in [4.78, 5) is 24.7. The van der Waals surface area contributed by atoms with Gasteiger partial charge in [0.2, 0.25) is 11.8 Å². The van der Waals surface area contributed by atoms with Gasteiger partial charge in [-0.2, -0.15) is 0 Å². The third-order valence-electron chi connectivity index (χ3n) is 3.18. The first-order valence-corrected chi connectivity index (χ1v) is 5.04. The van der Waals surface area contributed by atoms with Gasteiger partial charge in [0.15, 0.2) is 0 Å². The van der Waals surface area contributed by atoms with Crippen LogP contribution in [0.3, 0.4) is 0 Å². The standard InChI is InChI=1S/C11H13NO2/c1-2-7-12-10(13)8-5-3-4-6-9(8)11(12)14/h1,8-9H,3-7H2/t8-,9+. The molecule has 1 aliphatic heterocycles. The van der Waals surface area contributed by atoms with E-state index in [1.807, 2.05) is 0 Å². The predicted octanol–water partition coefficient (Wildman–Crippen LogP) is 0.795. The van der Waals surface area contributed by atoms with Crippen LogP contribution >= 0.6 is 0 Å². The number of imide groups is 1. The molecule has 0 aromatic heterocycles. The number of rotatable bonds is 1. The third-order valence-corrected chi connectivity index (χ3v) is 3.18. The van der Waals surface area contributed by atoms with Crippen LogP contribution in [0.5, 0.6) is 0 Å². The predicted molar refractivity (Wildman–Crippen MR) is 51.0 cm³/mol. The van der Waals surface area contributed by atoms with Crippen molar-refractivity contribution in [2.24, 2.45) is 11.8 Å².